The predicted octanol–water partition coefficient (Wildman–Crippen LogP) is 2.86. The van der Waals surface area contributed by atoms with Crippen LogP contribution in [0.25, 0.3) is 11.5 Å². The topological polar surface area (TPSA) is 81.6 Å². The lowest BCUT2D eigenvalue weighted by Crippen LogP contribution is -2.45. The van der Waals surface area contributed by atoms with Crippen LogP contribution in [0.1, 0.15) is 36.0 Å². The maximum absolute atomic E-state index is 12.9. The number of nitrogens with zero attached hydrogens (tertiary/aromatic N) is 2. The number of carbonyl (C=O) groups excluding carboxylic acids is 1. The molecule has 2 atom stereocenters. The first kappa shape index (κ1) is 17.5. The van der Waals surface area contributed by atoms with Crippen molar-refractivity contribution in [3.05, 3.63) is 35.7 Å². The van der Waals surface area contributed by atoms with Gasteiger partial charge in [0.1, 0.15) is 11.5 Å². The molecule has 0 unspecified atom stereocenters. The Hall–Kier alpha value is -2.34. The Morgan fingerprint density at radius 1 is 1.40 bits per heavy atom. The summed E-state index contributed by atoms with van der Waals surface area (Å²) < 4.78 is 10.9. The first-order chi connectivity index (χ1) is 12.0. The lowest BCUT2D eigenvalue weighted by Gasteiger charge is -2.34. The first-order valence-electron chi connectivity index (χ1n) is 8.66. The number of rotatable bonds is 4. The third-order valence-corrected chi connectivity index (χ3v) is 4.82. The second kappa shape index (κ2) is 7.27. The Balaban J connectivity index is 1.80. The van der Waals surface area contributed by atoms with Gasteiger partial charge in [0, 0.05) is 24.7 Å². The van der Waals surface area contributed by atoms with E-state index in [-0.39, 0.29) is 11.9 Å². The molecule has 0 bridgehead atoms. The third-order valence-electron chi connectivity index (χ3n) is 4.82. The smallest absolute Gasteiger partial charge is 0.276 e. The number of aryl methyl sites for hydroxylation is 1. The van der Waals surface area contributed by atoms with E-state index in [9.17, 15) is 4.79 Å². The molecule has 1 aliphatic rings. The molecule has 2 heterocycles. The first-order valence-corrected chi connectivity index (χ1v) is 8.66. The quantitative estimate of drug-likeness (QED) is 0.923. The molecule has 1 saturated heterocycles. The van der Waals surface area contributed by atoms with Crippen LogP contribution in [0.5, 0.6) is 5.75 Å². The van der Waals surface area contributed by atoms with Gasteiger partial charge in [-0.1, -0.05) is 0 Å². The minimum absolute atomic E-state index is 0.0774. The summed E-state index contributed by atoms with van der Waals surface area (Å²) in [6, 6.07) is 7.50. The van der Waals surface area contributed by atoms with Gasteiger partial charge in [-0.2, -0.15) is 0 Å². The van der Waals surface area contributed by atoms with Gasteiger partial charge in [0.15, 0.2) is 5.69 Å². The van der Waals surface area contributed by atoms with Crippen LogP contribution in [0.4, 0.5) is 0 Å². The zero-order valence-corrected chi connectivity index (χ0v) is 15.0. The van der Waals surface area contributed by atoms with E-state index in [0.29, 0.717) is 29.8 Å². The predicted molar refractivity (Wildman–Crippen MR) is 95.5 cm³/mol. The Labute approximate surface area is 148 Å². The Bertz CT molecular complexity index is 737. The lowest BCUT2D eigenvalue weighted by molar-refractivity contribution is 0.0654. The number of piperidine rings is 1. The second-order valence-corrected chi connectivity index (χ2v) is 6.66. The zero-order chi connectivity index (χ0) is 18.0. The SMILES string of the molecule is COc1ccc(-c2nc(C(=O)N3CCC[C@@H]([C@@H](C)N)C3)c(C)o2)cc1. The van der Waals surface area contributed by atoms with Gasteiger partial charge in [-0.3, -0.25) is 4.79 Å². The van der Waals surface area contributed by atoms with E-state index < -0.39 is 0 Å². The van der Waals surface area contributed by atoms with E-state index in [2.05, 4.69) is 4.98 Å². The minimum Gasteiger partial charge on any atom is -0.497 e. The molecule has 0 aliphatic carbocycles. The number of oxazole rings is 1. The van der Waals surface area contributed by atoms with Crippen LogP contribution in [0.15, 0.2) is 28.7 Å². The van der Waals surface area contributed by atoms with Crippen LogP contribution in [0.2, 0.25) is 0 Å². The summed E-state index contributed by atoms with van der Waals surface area (Å²) in [5, 5.41) is 0. The number of hydrogen-bond acceptors (Lipinski definition) is 5. The molecule has 2 N–H and O–H groups in total. The lowest BCUT2D eigenvalue weighted by atomic mass is 9.92. The largest absolute Gasteiger partial charge is 0.497 e. The highest BCUT2D eigenvalue weighted by Gasteiger charge is 2.29. The van der Waals surface area contributed by atoms with Crippen molar-refractivity contribution in [2.24, 2.45) is 11.7 Å². The van der Waals surface area contributed by atoms with Crippen molar-refractivity contribution in [3.63, 3.8) is 0 Å². The van der Waals surface area contributed by atoms with Crippen molar-refractivity contribution >= 4 is 5.91 Å². The Morgan fingerprint density at radius 2 is 2.12 bits per heavy atom. The summed E-state index contributed by atoms with van der Waals surface area (Å²) in [6.45, 7) is 5.20. The summed E-state index contributed by atoms with van der Waals surface area (Å²) in [7, 11) is 1.62. The molecule has 134 valence electrons. The second-order valence-electron chi connectivity index (χ2n) is 6.66. The maximum Gasteiger partial charge on any atom is 0.276 e. The third kappa shape index (κ3) is 3.69. The standard InChI is InChI=1S/C19H25N3O3/c1-12(20)15-5-4-10-22(11-15)19(23)17-13(2)25-18(21-17)14-6-8-16(24-3)9-7-14/h6-9,12,15H,4-5,10-11,20H2,1-3H3/t12-,15-/m1/s1. The van der Waals surface area contributed by atoms with Crippen molar-refractivity contribution in [2.75, 3.05) is 20.2 Å². The molecule has 1 aromatic carbocycles. The molecule has 0 saturated carbocycles. The Morgan fingerprint density at radius 3 is 2.76 bits per heavy atom. The highest BCUT2D eigenvalue weighted by atomic mass is 16.5. The maximum atomic E-state index is 12.9. The van der Waals surface area contributed by atoms with Crippen LogP contribution in [0, 0.1) is 12.8 Å². The number of aromatic nitrogens is 1. The van der Waals surface area contributed by atoms with Crippen LogP contribution in [0.3, 0.4) is 0 Å². The summed E-state index contributed by atoms with van der Waals surface area (Å²) in [5.41, 5.74) is 7.22. The number of methoxy groups -OCH3 is 1. The normalized spacial score (nSPS) is 18.9. The number of carbonyl (C=O) groups is 1. The molecule has 0 radical (unpaired) electrons. The zero-order valence-electron chi connectivity index (χ0n) is 15.0. The van der Waals surface area contributed by atoms with E-state index in [4.69, 9.17) is 14.9 Å². The molecule has 1 aliphatic heterocycles. The fourth-order valence-electron chi connectivity index (χ4n) is 3.23. The van der Waals surface area contributed by atoms with Gasteiger partial charge in [0.05, 0.1) is 7.11 Å². The van der Waals surface area contributed by atoms with Crippen molar-refractivity contribution in [2.45, 2.75) is 32.7 Å². The van der Waals surface area contributed by atoms with Gasteiger partial charge in [0.2, 0.25) is 5.89 Å². The average Bonchev–Trinajstić information content (AvgIpc) is 3.03. The van der Waals surface area contributed by atoms with Gasteiger partial charge >= 0.3 is 0 Å². The minimum atomic E-state index is -0.0774. The van der Waals surface area contributed by atoms with Crippen molar-refractivity contribution < 1.29 is 13.9 Å². The van der Waals surface area contributed by atoms with Crippen LogP contribution in [-0.2, 0) is 0 Å². The van der Waals surface area contributed by atoms with Crippen molar-refractivity contribution in [1.82, 2.24) is 9.88 Å². The molecule has 2 aromatic rings. The fourth-order valence-corrected chi connectivity index (χ4v) is 3.23. The fraction of sp³-hybridized carbons (Fsp3) is 0.474. The van der Waals surface area contributed by atoms with Crippen LogP contribution in [-0.4, -0.2) is 42.0 Å². The molecular weight excluding hydrogens is 318 g/mol. The van der Waals surface area contributed by atoms with E-state index in [0.717, 1.165) is 30.7 Å². The van der Waals surface area contributed by atoms with E-state index in [1.54, 1.807) is 14.0 Å². The summed E-state index contributed by atoms with van der Waals surface area (Å²) in [6.07, 6.45) is 2.04. The van der Waals surface area contributed by atoms with Crippen LogP contribution < -0.4 is 10.5 Å². The van der Waals surface area contributed by atoms with Gasteiger partial charge in [-0.05, 0) is 56.9 Å². The molecule has 1 aromatic heterocycles. The number of amides is 1. The van der Waals surface area contributed by atoms with Gasteiger partial charge in [-0.25, -0.2) is 4.98 Å². The Kier molecular flexibility index (Phi) is 5.08. The number of ether oxygens (including phenoxy) is 1. The molecule has 3 rings (SSSR count). The van der Waals surface area contributed by atoms with Gasteiger partial charge in [0.25, 0.3) is 5.91 Å². The van der Waals surface area contributed by atoms with E-state index in [1.807, 2.05) is 36.1 Å². The number of nitrogens with two attached hydrogens (primary N) is 1. The summed E-state index contributed by atoms with van der Waals surface area (Å²) >= 11 is 0. The molecular formula is C19H25N3O3. The number of hydrogen-bond donors (Lipinski definition) is 1. The molecule has 25 heavy (non-hydrogen) atoms. The summed E-state index contributed by atoms with van der Waals surface area (Å²) in [5.74, 6) is 2.01. The molecule has 1 fully saturated rings. The molecule has 6 heteroatoms. The molecule has 0 spiro atoms. The molecule has 6 nitrogen and oxygen atoms in total. The average molecular weight is 343 g/mol. The number of likely N-dealkylation sites (tertiary alicyclic amines) is 1. The van der Waals surface area contributed by atoms with E-state index in [1.165, 1.54) is 0 Å². The highest BCUT2D eigenvalue weighted by molar-refractivity contribution is 5.93. The van der Waals surface area contributed by atoms with Crippen molar-refractivity contribution in [3.8, 4) is 17.2 Å². The monoisotopic (exact) mass is 343 g/mol. The summed E-state index contributed by atoms with van der Waals surface area (Å²) in [4.78, 5) is 19.2. The van der Waals surface area contributed by atoms with Crippen molar-refractivity contribution in [1.29, 1.82) is 0 Å². The van der Waals surface area contributed by atoms with Crippen LogP contribution >= 0.6 is 0 Å². The van der Waals surface area contributed by atoms with Gasteiger partial charge in [-0.15, -0.1) is 0 Å². The van der Waals surface area contributed by atoms with E-state index >= 15 is 0 Å². The highest BCUT2D eigenvalue weighted by Crippen LogP contribution is 2.26. The molecule has 1 amide bonds. The number of benzene rings is 1. The van der Waals surface area contributed by atoms with Gasteiger partial charge < -0.3 is 19.8 Å².